The molecule has 28 heavy (non-hydrogen) atoms. The number of nitrogens with two attached hydrogens (primary N) is 1. The van der Waals surface area contributed by atoms with Gasteiger partial charge in [0.05, 0.1) is 12.7 Å². The number of aromatic amines is 1. The SMILES string of the molecule is C[C@@H](O)[C@@H](N)C(=O)NC(=O)c1cn([C@@H]2O[C@H](CO)[C@H](O)[C@H]2OF)c(=O)[nH]c1=O. The molecule has 1 saturated heterocycles. The fraction of sp³-hybridized carbons (Fsp3) is 0.571. The summed E-state index contributed by atoms with van der Waals surface area (Å²) in [6, 6.07) is -1.46. The average Bonchev–Trinajstić information content (AvgIpc) is 2.96. The van der Waals surface area contributed by atoms with Crippen molar-refractivity contribution in [1.29, 1.82) is 0 Å². The molecule has 0 radical (unpaired) electrons. The molecule has 1 aromatic heterocycles. The Balaban J connectivity index is 2.37. The smallest absolute Gasteiger partial charge is 0.330 e. The lowest BCUT2D eigenvalue weighted by molar-refractivity contribution is -0.221. The van der Waals surface area contributed by atoms with Crippen LogP contribution in [0.2, 0.25) is 0 Å². The van der Waals surface area contributed by atoms with Gasteiger partial charge in [-0.25, -0.2) is 4.79 Å². The van der Waals surface area contributed by atoms with Gasteiger partial charge in [0.25, 0.3) is 11.5 Å². The number of aromatic nitrogens is 2. The summed E-state index contributed by atoms with van der Waals surface area (Å²) in [5, 5.41) is 30.0. The van der Waals surface area contributed by atoms with E-state index in [1.54, 1.807) is 10.3 Å². The van der Waals surface area contributed by atoms with Gasteiger partial charge in [0.1, 0.15) is 23.8 Å². The Bertz CT molecular complexity index is 854. The normalized spacial score (nSPS) is 26.6. The van der Waals surface area contributed by atoms with E-state index in [1.165, 1.54) is 6.92 Å². The molecule has 14 heteroatoms. The highest BCUT2D eigenvalue weighted by Gasteiger charge is 2.47. The van der Waals surface area contributed by atoms with Crippen LogP contribution in [0.1, 0.15) is 23.5 Å². The predicted molar refractivity (Wildman–Crippen MR) is 86.4 cm³/mol. The van der Waals surface area contributed by atoms with Crippen LogP contribution in [0.15, 0.2) is 15.8 Å². The van der Waals surface area contributed by atoms with Gasteiger partial charge in [0, 0.05) is 6.20 Å². The lowest BCUT2D eigenvalue weighted by Crippen LogP contribution is -2.50. The Kier molecular flexibility index (Phi) is 6.76. The summed E-state index contributed by atoms with van der Waals surface area (Å²) >= 11 is 0. The van der Waals surface area contributed by atoms with Gasteiger partial charge in [0.15, 0.2) is 12.3 Å². The molecule has 1 aliphatic heterocycles. The number of imide groups is 1. The lowest BCUT2D eigenvalue weighted by Gasteiger charge is -2.18. The van der Waals surface area contributed by atoms with Crippen molar-refractivity contribution in [2.75, 3.05) is 6.61 Å². The maximum atomic E-state index is 12.8. The van der Waals surface area contributed by atoms with Crippen LogP contribution < -0.4 is 22.3 Å². The van der Waals surface area contributed by atoms with Crippen LogP contribution in [-0.2, 0) is 14.5 Å². The van der Waals surface area contributed by atoms with Crippen LogP contribution in [0.25, 0.3) is 0 Å². The van der Waals surface area contributed by atoms with E-state index >= 15 is 0 Å². The number of nitrogens with zero attached hydrogens (tertiary/aromatic N) is 1. The summed E-state index contributed by atoms with van der Waals surface area (Å²) in [6.07, 6.45) is -6.95. The first-order chi connectivity index (χ1) is 13.1. The van der Waals surface area contributed by atoms with Gasteiger partial charge in [-0.1, -0.05) is 0 Å². The van der Waals surface area contributed by atoms with Crippen molar-refractivity contribution in [3.05, 3.63) is 32.6 Å². The van der Waals surface area contributed by atoms with E-state index in [1.807, 2.05) is 0 Å². The fourth-order valence-electron chi connectivity index (χ4n) is 2.51. The zero-order valence-corrected chi connectivity index (χ0v) is 14.4. The molecule has 1 fully saturated rings. The summed E-state index contributed by atoms with van der Waals surface area (Å²) < 4.78 is 18.5. The van der Waals surface area contributed by atoms with Crippen molar-refractivity contribution in [3.63, 3.8) is 0 Å². The van der Waals surface area contributed by atoms with Crippen LogP contribution in [0.3, 0.4) is 0 Å². The number of rotatable bonds is 6. The number of carbonyl (C=O) groups is 2. The van der Waals surface area contributed by atoms with Crippen molar-refractivity contribution >= 4 is 11.8 Å². The Morgan fingerprint density at radius 1 is 1.50 bits per heavy atom. The number of hydrogen-bond donors (Lipinski definition) is 6. The van der Waals surface area contributed by atoms with Crippen molar-refractivity contribution in [3.8, 4) is 0 Å². The molecular weight excluding hydrogens is 387 g/mol. The maximum absolute atomic E-state index is 12.8. The quantitative estimate of drug-likeness (QED) is 0.270. The molecule has 0 saturated carbocycles. The molecule has 0 bridgehead atoms. The molecule has 6 atom stereocenters. The Morgan fingerprint density at radius 3 is 2.68 bits per heavy atom. The number of halogens is 1. The van der Waals surface area contributed by atoms with Crippen LogP contribution in [-0.4, -0.2) is 73.7 Å². The zero-order chi connectivity index (χ0) is 21.2. The number of H-pyrrole nitrogens is 1. The number of aliphatic hydroxyl groups excluding tert-OH is 3. The molecule has 2 rings (SSSR count). The molecule has 1 aromatic rings. The predicted octanol–water partition coefficient (Wildman–Crippen LogP) is -3.98. The summed E-state index contributed by atoms with van der Waals surface area (Å²) in [4.78, 5) is 53.3. The minimum Gasteiger partial charge on any atom is -0.394 e. The van der Waals surface area contributed by atoms with Crippen LogP contribution in [0, 0.1) is 0 Å². The van der Waals surface area contributed by atoms with Gasteiger partial charge < -0.3 is 25.8 Å². The van der Waals surface area contributed by atoms with Crippen molar-refractivity contribution in [2.24, 2.45) is 5.73 Å². The second-order valence-corrected chi connectivity index (χ2v) is 6.09. The molecule has 156 valence electrons. The second-order valence-electron chi connectivity index (χ2n) is 6.09. The Hall–Kier alpha value is -2.49. The highest BCUT2D eigenvalue weighted by molar-refractivity contribution is 6.05. The van der Waals surface area contributed by atoms with Crippen molar-refractivity contribution in [1.82, 2.24) is 14.9 Å². The molecule has 0 unspecified atom stereocenters. The molecule has 2 amide bonds. The molecule has 0 aromatic carbocycles. The third kappa shape index (κ3) is 4.16. The van der Waals surface area contributed by atoms with Gasteiger partial charge in [-0.05, 0) is 11.4 Å². The summed E-state index contributed by atoms with van der Waals surface area (Å²) in [7, 11) is 0. The number of aliphatic hydroxyl groups is 3. The van der Waals surface area contributed by atoms with Gasteiger partial charge in [-0.15, -0.1) is 0 Å². The van der Waals surface area contributed by atoms with Gasteiger partial charge in [-0.2, -0.15) is 4.94 Å². The molecule has 7 N–H and O–H groups in total. The largest absolute Gasteiger partial charge is 0.394 e. The highest BCUT2D eigenvalue weighted by atomic mass is 19.3. The van der Waals surface area contributed by atoms with Crippen LogP contribution in [0.5, 0.6) is 0 Å². The van der Waals surface area contributed by atoms with E-state index in [4.69, 9.17) is 15.6 Å². The summed E-state index contributed by atoms with van der Waals surface area (Å²) in [6.45, 7) is 0.480. The second kappa shape index (κ2) is 8.68. The van der Waals surface area contributed by atoms with E-state index < -0.39 is 71.9 Å². The minimum atomic E-state index is -1.75. The molecule has 0 aliphatic carbocycles. The molecule has 0 spiro atoms. The van der Waals surface area contributed by atoms with Gasteiger partial charge >= 0.3 is 5.69 Å². The van der Waals surface area contributed by atoms with E-state index in [9.17, 15) is 33.9 Å². The number of ether oxygens (including phenoxy) is 1. The van der Waals surface area contributed by atoms with Crippen molar-refractivity contribution < 1.29 is 39.1 Å². The first-order valence-corrected chi connectivity index (χ1v) is 7.98. The Morgan fingerprint density at radius 2 is 2.14 bits per heavy atom. The third-order valence-corrected chi connectivity index (χ3v) is 4.14. The van der Waals surface area contributed by atoms with Crippen LogP contribution >= 0.6 is 0 Å². The highest BCUT2D eigenvalue weighted by Crippen LogP contribution is 2.30. The number of amides is 2. The monoisotopic (exact) mass is 406 g/mol. The van der Waals surface area contributed by atoms with E-state index in [0.29, 0.717) is 10.8 Å². The molecular formula is C14H19FN4O9. The molecule has 13 nitrogen and oxygen atoms in total. The van der Waals surface area contributed by atoms with Crippen molar-refractivity contribution in [2.45, 2.75) is 43.6 Å². The third-order valence-electron chi connectivity index (χ3n) is 4.14. The minimum absolute atomic E-state index is 0.554. The van der Waals surface area contributed by atoms with E-state index in [-0.39, 0.29) is 0 Å². The number of hydrogen-bond acceptors (Lipinski definition) is 10. The van der Waals surface area contributed by atoms with Gasteiger partial charge in [-0.3, -0.25) is 29.3 Å². The van der Waals surface area contributed by atoms with E-state index in [2.05, 4.69) is 4.94 Å². The first kappa shape index (κ1) is 21.8. The summed E-state index contributed by atoms with van der Waals surface area (Å²) in [5.41, 5.74) is 2.33. The maximum Gasteiger partial charge on any atom is 0.330 e. The number of nitrogens with one attached hydrogen (secondary N) is 2. The number of carbonyl (C=O) groups excluding carboxylic acids is 2. The Labute approximate surface area is 155 Å². The average molecular weight is 406 g/mol. The van der Waals surface area contributed by atoms with Crippen LogP contribution in [0.4, 0.5) is 4.53 Å². The standard InChI is InChI=1S/C14H19FN4O9/c1-4(21)7(16)12(25)17-10(23)5-2-19(14(26)18-11(5)24)13-9(28-15)8(22)6(3-20)27-13/h2,4,6-9,13,20-22H,3,16H2,1H3,(H,17,23,25)(H,18,24,26)/t4-,6-,7-,8+,9-,13-/m1/s1. The topological polar surface area (TPSA) is 206 Å². The van der Waals surface area contributed by atoms with Gasteiger partial charge in [0.2, 0.25) is 5.91 Å². The summed E-state index contributed by atoms with van der Waals surface area (Å²) in [5.74, 6) is -2.35. The molecule has 2 heterocycles. The van der Waals surface area contributed by atoms with E-state index in [0.717, 1.165) is 0 Å². The lowest BCUT2D eigenvalue weighted by atomic mass is 10.1. The zero-order valence-electron chi connectivity index (χ0n) is 14.4. The molecule has 1 aliphatic rings. The first-order valence-electron chi connectivity index (χ1n) is 7.98. The fourth-order valence-corrected chi connectivity index (χ4v) is 2.51.